The molecule has 0 unspecified atom stereocenters. The van der Waals surface area contributed by atoms with Gasteiger partial charge in [-0.15, -0.1) is 11.3 Å². The molecule has 0 aliphatic rings. The first kappa shape index (κ1) is 18.9. The van der Waals surface area contributed by atoms with E-state index >= 15 is 0 Å². The number of carbonyl (C=O) groups excluding carboxylic acids is 1. The van der Waals surface area contributed by atoms with Crippen molar-refractivity contribution in [1.29, 1.82) is 0 Å². The van der Waals surface area contributed by atoms with Crippen LogP contribution in [0.25, 0.3) is 11.3 Å². The van der Waals surface area contributed by atoms with Crippen molar-refractivity contribution in [2.45, 2.75) is 6.54 Å². The van der Waals surface area contributed by atoms with Crippen LogP contribution < -0.4 is 9.64 Å². The topological polar surface area (TPSA) is 60.3 Å². The Hall–Kier alpha value is -3.45. The number of hydrogen-bond acceptors (Lipinski definition) is 5. The zero-order chi connectivity index (χ0) is 20.2. The fraction of sp³-hybridized carbons (Fsp3) is 0.136. The van der Waals surface area contributed by atoms with Crippen molar-refractivity contribution in [3.8, 4) is 17.0 Å². The predicted molar refractivity (Wildman–Crippen MR) is 115 cm³/mol. The summed E-state index contributed by atoms with van der Waals surface area (Å²) >= 11 is 1.42. The number of aromatic nitrogens is 3. The Bertz CT molecular complexity index is 1090. The molecule has 6 nitrogen and oxygen atoms in total. The summed E-state index contributed by atoms with van der Waals surface area (Å²) in [4.78, 5) is 19.0. The number of ether oxygens (including phenoxy) is 1. The van der Waals surface area contributed by atoms with E-state index in [1.54, 1.807) is 36.1 Å². The summed E-state index contributed by atoms with van der Waals surface area (Å²) in [6.07, 6.45) is 3.49. The molecule has 2 heterocycles. The van der Waals surface area contributed by atoms with Gasteiger partial charge in [-0.05, 0) is 29.8 Å². The maximum absolute atomic E-state index is 13.2. The Morgan fingerprint density at radius 2 is 1.90 bits per heavy atom. The van der Waals surface area contributed by atoms with E-state index in [9.17, 15) is 4.79 Å². The molecule has 7 heteroatoms. The third kappa shape index (κ3) is 4.05. The van der Waals surface area contributed by atoms with Gasteiger partial charge < -0.3 is 4.74 Å². The number of hydrogen-bond donors (Lipinski definition) is 0. The average Bonchev–Trinajstić information content (AvgIpc) is 3.44. The van der Waals surface area contributed by atoms with E-state index in [1.165, 1.54) is 11.3 Å². The van der Waals surface area contributed by atoms with Crippen molar-refractivity contribution in [3.63, 3.8) is 0 Å². The van der Waals surface area contributed by atoms with Crippen molar-refractivity contribution in [1.82, 2.24) is 14.8 Å². The summed E-state index contributed by atoms with van der Waals surface area (Å²) < 4.78 is 7.05. The van der Waals surface area contributed by atoms with Gasteiger partial charge >= 0.3 is 0 Å². The molecule has 1 amide bonds. The highest BCUT2D eigenvalue weighted by atomic mass is 32.1. The van der Waals surface area contributed by atoms with Crippen LogP contribution in [-0.2, 0) is 6.54 Å². The third-order valence-electron chi connectivity index (χ3n) is 4.55. The molecule has 0 atom stereocenters. The molecule has 0 N–H and O–H groups in total. The summed E-state index contributed by atoms with van der Waals surface area (Å²) in [6, 6.07) is 17.6. The van der Waals surface area contributed by atoms with Crippen LogP contribution in [0.4, 0.5) is 5.13 Å². The van der Waals surface area contributed by atoms with Crippen LogP contribution in [0.2, 0.25) is 0 Å². The maximum Gasteiger partial charge on any atom is 0.263 e. The first-order valence-electron chi connectivity index (χ1n) is 9.09. The minimum atomic E-state index is -0.148. The average molecular weight is 404 g/mol. The Morgan fingerprint density at radius 3 is 2.55 bits per heavy atom. The normalized spacial score (nSPS) is 10.7. The van der Waals surface area contributed by atoms with Gasteiger partial charge in [-0.1, -0.05) is 30.3 Å². The molecular formula is C22H20N4O2S. The third-order valence-corrected chi connectivity index (χ3v) is 5.40. The van der Waals surface area contributed by atoms with Crippen molar-refractivity contribution in [2.24, 2.45) is 0 Å². The van der Waals surface area contributed by atoms with Crippen LogP contribution in [0.1, 0.15) is 15.9 Å². The highest BCUT2D eigenvalue weighted by Crippen LogP contribution is 2.27. The molecule has 29 heavy (non-hydrogen) atoms. The van der Waals surface area contributed by atoms with Crippen molar-refractivity contribution in [3.05, 3.63) is 83.5 Å². The van der Waals surface area contributed by atoms with Gasteiger partial charge in [0, 0.05) is 30.4 Å². The Morgan fingerprint density at radius 1 is 1.14 bits per heavy atom. The van der Waals surface area contributed by atoms with E-state index in [-0.39, 0.29) is 5.91 Å². The fourth-order valence-corrected chi connectivity index (χ4v) is 3.65. The van der Waals surface area contributed by atoms with Gasteiger partial charge in [0.05, 0.1) is 19.2 Å². The van der Waals surface area contributed by atoms with Gasteiger partial charge in [0.1, 0.15) is 11.4 Å². The number of carbonyl (C=O) groups is 1. The zero-order valence-corrected chi connectivity index (χ0v) is 17.0. The molecular weight excluding hydrogens is 384 g/mol. The predicted octanol–water partition coefficient (Wildman–Crippen LogP) is 4.34. The molecule has 4 aromatic rings. The molecule has 0 aliphatic heterocycles. The molecule has 0 fully saturated rings. The van der Waals surface area contributed by atoms with Crippen LogP contribution >= 0.6 is 11.3 Å². The minimum absolute atomic E-state index is 0.148. The first-order valence-corrected chi connectivity index (χ1v) is 9.97. The van der Waals surface area contributed by atoms with Crippen molar-refractivity contribution < 1.29 is 9.53 Å². The van der Waals surface area contributed by atoms with Gasteiger partial charge in [0.25, 0.3) is 5.91 Å². The summed E-state index contributed by atoms with van der Waals surface area (Å²) in [5.41, 5.74) is 3.14. The number of rotatable bonds is 6. The van der Waals surface area contributed by atoms with E-state index < -0.39 is 0 Å². The van der Waals surface area contributed by atoms with Crippen LogP contribution in [0.15, 0.2) is 72.4 Å². The summed E-state index contributed by atoms with van der Waals surface area (Å²) in [5, 5.41) is 7.22. The van der Waals surface area contributed by atoms with Gasteiger partial charge in [0.2, 0.25) is 0 Å². The van der Waals surface area contributed by atoms with Gasteiger partial charge in [0.15, 0.2) is 5.13 Å². The van der Waals surface area contributed by atoms with Crippen LogP contribution in [0.5, 0.6) is 5.75 Å². The number of methoxy groups -OCH3 is 1. The lowest BCUT2D eigenvalue weighted by Crippen LogP contribution is -2.26. The quantitative estimate of drug-likeness (QED) is 0.480. The summed E-state index contributed by atoms with van der Waals surface area (Å²) in [7, 11) is 3.36. The zero-order valence-electron chi connectivity index (χ0n) is 16.1. The largest absolute Gasteiger partial charge is 0.497 e. The number of benzene rings is 2. The van der Waals surface area contributed by atoms with Gasteiger partial charge in [-0.25, -0.2) is 4.98 Å². The molecule has 0 spiro atoms. The highest BCUT2D eigenvalue weighted by Gasteiger charge is 2.23. The molecule has 0 aliphatic carbocycles. The van der Waals surface area contributed by atoms with E-state index in [1.807, 2.05) is 60.0 Å². The number of thiazole rings is 1. The number of nitrogens with zero attached hydrogens (tertiary/aromatic N) is 4. The Labute approximate surface area is 173 Å². The Kier molecular flexibility index (Phi) is 5.39. The number of amides is 1. The lowest BCUT2D eigenvalue weighted by Gasteiger charge is -2.13. The number of anilines is 1. The molecule has 0 bridgehead atoms. The van der Waals surface area contributed by atoms with E-state index in [0.717, 1.165) is 16.9 Å². The van der Waals surface area contributed by atoms with E-state index in [0.29, 0.717) is 22.9 Å². The van der Waals surface area contributed by atoms with Gasteiger partial charge in [-0.3, -0.25) is 14.4 Å². The van der Waals surface area contributed by atoms with Crippen LogP contribution in [0, 0.1) is 0 Å². The van der Waals surface area contributed by atoms with E-state index in [4.69, 9.17) is 9.84 Å². The molecule has 0 saturated heterocycles. The van der Waals surface area contributed by atoms with E-state index in [2.05, 4.69) is 4.98 Å². The van der Waals surface area contributed by atoms with Crippen molar-refractivity contribution >= 4 is 22.4 Å². The second-order valence-corrected chi connectivity index (χ2v) is 7.35. The maximum atomic E-state index is 13.2. The van der Waals surface area contributed by atoms with Crippen LogP contribution in [0.3, 0.4) is 0 Å². The lowest BCUT2D eigenvalue weighted by molar-refractivity contribution is 0.0993. The second-order valence-electron chi connectivity index (χ2n) is 6.48. The smallest absolute Gasteiger partial charge is 0.263 e. The second kappa shape index (κ2) is 8.28. The fourth-order valence-electron chi connectivity index (χ4n) is 3.04. The monoisotopic (exact) mass is 404 g/mol. The molecule has 4 rings (SSSR count). The lowest BCUT2D eigenvalue weighted by atomic mass is 10.1. The highest BCUT2D eigenvalue weighted by molar-refractivity contribution is 7.13. The standard InChI is InChI=1S/C22H20N4O2S/c1-25(22-23-12-13-29-22)21(27)19-15-26(14-16-6-4-3-5-7-16)24-20(19)17-8-10-18(28-2)11-9-17/h3-13,15H,14H2,1-2H3. The first-order chi connectivity index (χ1) is 14.2. The summed E-state index contributed by atoms with van der Waals surface area (Å²) in [5.74, 6) is 0.607. The molecule has 146 valence electrons. The SMILES string of the molecule is COc1ccc(-c2nn(Cc3ccccc3)cc2C(=O)N(C)c2nccs2)cc1. The molecule has 2 aromatic carbocycles. The molecule has 0 saturated carbocycles. The van der Waals surface area contributed by atoms with Crippen LogP contribution in [-0.4, -0.2) is 34.8 Å². The molecule has 2 aromatic heterocycles. The van der Waals surface area contributed by atoms with Crippen molar-refractivity contribution in [2.75, 3.05) is 19.1 Å². The Balaban J connectivity index is 1.73. The molecule has 0 radical (unpaired) electrons. The van der Waals surface area contributed by atoms with Gasteiger partial charge in [-0.2, -0.15) is 5.10 Å². The minimum Gasteiger partial charge on any atom is -0.497 e. The summed E-state index contributed by atoms with van der Waals surface area (Å²) in [6.45, 7) is 0.582.